The molecular formula is C16H15FN2O. The van der Waals surface area contributed by atoms with E-state index in [9.17, 15) is 4.39 Å². The van der Waals surface area contributed by atoms with E-state index in [4.69, 9.17) is 10.00 Å². The maximum Gasteiger partial charge on any atom is 0.165 e. The maximum absolute atomic E-state index is 13.5. The van der Waals surface area contributed by atoms with Crippen molar-refractivity contribution in [3.05, 3.63) is 59.4 Å². The van der Waals surface area contributed by atoms with Crippen molar-refractivity contribution in [1.82, 2.24) is 0 Å². The molecule has 0 saturated heterocycles. The molecule has 2 rings (SSSR count). The summed E-state index contributed by atoms with van der Waals surface area (Å²) in [6.45, 7) is 0.526. The smallest absolute Gasteiger partial charge is 0.165 e. The number of rotatable bonds is 5. The van der Waals surface area contributed by atoms with Gasteiger partial charge in [-0.05, 0) is 35.4 Å². The molecule has 0 amide bonds. The zero-order valence-corrected chi connectivity index (χ0v) is 11.2. The van der Waals surface area contributed by atoms with Crippen LogP contribution in [0.25, 0.3) is 0 Å². The maximum atomic E-state index is 13.5. The summed E-state index contributed by atoms with van der Waals surface area (Å²) >= 11 is 0. The molecule has 0 spiro atoms. The number of methoxy groups -OCH3 is 1. The molecule has 0 aliphatic heterocycles. The minimum Gasteiger partial charge on any atom is -0.494 e. The number of hydrogen-bond acceptors (Lipinski definition) is 3. The minimum absolute atomic E-state index is 0.245. The molecule has 0 atom stereocenters. The Morgan fingerprint density at radius 3 is 2.45 bits per heavy atom. The molecule has 2 aromatic rings. The van der Waals surface area contributed by atoms with Crippen molar-refractivity contribution >= 4 is 5.69 Å². The fourth-order valence-corrected chi connectivity index (χ4v) is 1.86. The second kappa shape index (κ2) is 6.58. The third-order valence-electron chi connectivity index (χ3n) is 2.95. The Labute approximate surface area is 117 Å². The Hall–Kier alpha value is -2.54. The van der Waals surface area contributed by atoms with E-state index in [1.165, 1.54) is 13.2 Å². The van der Waals surface area contributed by atoms with Gasteiger partial charge in [0.1, 0.15) is 0 Å². The minimum atomic E-state index is -0.365. The van der Waals surface area contributed by atoms with Crippen LogP contribution >= 0.6 is 0 Å². The van der Waals surface area contributed by atoms with E-state index in [-0.39, 0.29) is 11.6 Å². The molecule has 0 fully saturated rings. The summed E-state index contributed by atoms with van der Waals surface area (Å²) in [5, 5.41) is 11.8. The number of ether oxygens (including phenoxy) is 1. The van der Waals surface area contributed by atoms with Crippen LogP contribution in [0.15, 0.2) is 42.5 Å². The third kappa shape index (κ3) is 3.48. The molecule has 102 valence electrons. The van der Waals surface area contributed by atoms with Gasteiger partial charge in [0, 0.05) is 12.2 Å². The van der Waals surface area contributed by atoms with Crippen LogP contribution in [0.3, 0.4) is 0 Å². The number of benzene rings is 2. The van der Waals surface area contributed by atoms with Crippen molar-refractivity contribution in [2.75, 3.05) is 12.4 Å². The molecule has 0 radical (unpaired) electrons. The number of hydrogen-bond donors (Lipinski definition) is 1. The largest absolute Gasteiger partial charge is 0.494 e. The first-order valence-corrected chi connectivity index (χ1v) is 6.25. The highest BCUT2D eigenvalue weighted by molar-refractivity contribution is 5.45. The normalized spacial score (nSPS) is 9.85. The monoisotopic (exact) mass is 270 g/mol. The van der Waals surface area contributed by atoms with E-state index in [0.717, 1.165) is 16.8 Å². The SMILES string of the molecule is COc1ccc(CNc2ccc(CC#N)cc2)cc1F. The van der Waals surface area contributed by atoms with E-state index in [1.807, 2.05) is 30.3 Å². The zero-order chi connectivity index (χ0) is 14.4. The summed E-state index contributed by atoms with van der Waals surface area (Å²) in [5.41, 5.74) is 2.75. The zero-order valence-electron chi connectivity index (χ0n) is 11.2. The Kier molecular flexibility index (Phi) is 4.56. The molecule has 0 aliphatic rings. The predicted molar refractivity (Wildman–Crippen MR) is 76.0 cm³/mol. The summed E-state index contributed by atoms with van der Waals surface area (Å²) in [6, 6.07) is 14.6. The lowest BCUT2D eigenvalue weighted by molar-refractivity contribution is 0.386. The van der Waals surface area contributed by atoms with Crippen molar-refractivity contribution in [2.24, 2.45) is 0 Å². The van der Waals surface area contributed by atoms with Gasteiger partial charge in [0.05, 0.1) is 19.6 Å². The molecule has 0 aliphatic carbocycles. The Balaban J connectivity index is 1.98. The van der Waals surface area contributed by atoms with Crippen LogP contribution in [0.1, 0.15) is 11.1 Å². The lowest BCUT2D eigenvalue weighted by atomic mass is 10.1. The molecule has 0 aromatic heterocycles. The van der Waals surface area contributed by atoms with Gasteiger partial charge < -0.3 is 10.1 Å². The highest BCUT2D eigenvalue weighted by atomic mass is 19.1. The van der Waals surface area contributed by atoms with Gasteiger partial charge in [-0.2, -0.15) is 5.26 Å². The van der Waals surface area contributed by atoms with Crippen LogP contribution in [0.2, 0.25) is 0 Å². The van der Waals surface area contributed by atoms with Gasteiger partial charge in [0.15, 0.2) is 11.6 Å². The molecular weight excluding hydrogens is 255 g/mol. The Morgan fingerprint density at radius 2 is 1.85 bits per heavy atom. The van der Waals surface area contributed by atoms with Gasteiger partial charge in [-0.15, -0.1) is 0 Å². The third-order valence-corrected chi connectivity index (χ3v) is 2.95. The van der Waals surface area contributed by atoms with Crippen LogP contribution in [0.5, 0.6) is 5.75 Å². The van der Waals surface area contributed by atoms with E-state index in [1.54, 1.807) is 6.07 Å². The van der Waals surface area contributed by atoms with E-state index in [2.05, 4.69) is 11.4 Å². The Bertz CT molecular complexity index is 617. The van der Waals surface area contributed by atoms with Gasteiger partial charge >= 0.3 is 0 Å². The molecule has 0 unspecified atom stereocenters. The first kappa shape index (κ1) is 13.9. The molecule has 20 heavy (non-hydrogen) atoms. The van der Waals surface area contributed by atoms with Crippen molar-refractivity contribution in [2.45, 2.75) is 13.0 Å². The summed E-state index contributed by atoms with van der Waals surface area (Å²) in [7, 11) is 1.44. The van der Waals surface area contributed by atoms with Gasteiger partial charge in [0.25, 0.3) is 0 Å². The summed E-state index contributed by atoms with van der Waals surface area (Å²) in [6.07, 6.45) is 0.407. The number of nitrogens with one attached hydrogen (secondary N) is 1. The second-order valence-corrected chi connectivity index (χ2v) is 4.35. The molecule has 4 heteroatoms. The molecule has 0 saturated carbocycles. The molecule has 0 bridgehead atoms. The van der Waals surface area contributed by atoms with Gasteiger partial charge in [-0.25, -0.2) is 4.39 Å². The van der Waals surface area contributed by atoms with Gasteiger partial charge in [-0.3, -0.25) is 0 Å². The van der Waals surface area contributed by atoms with Crippen molar-refractivity contribution in [1.29, 1.82) is 5.26 Å². The molecule has 3 nitrogen and oxygen atoms in total. The molecule has 0 heterocycles. The topological polar surface area (TPSA) is 45.0 Å². The van der Waals surface area contributed by atoms with E-state index >= 15 is 0 Å². The predicted octanol–water partition coefficient (Wildman–Crippen LogP) is 3.51. The fourth-order valence-electron chi connectivity index (χ4n) is 1.86. The van der Waals surface area contributed by atoms with Crippen LogP contribution in [0, 0.1) is 17.1 Å². The van der Waals surface area contributed by atoms with Crippen molar-refractivity contribution in [3.8, 4) is 11.8 Å². The van der Waals surface area contributed by atoms with Crippen molar-refractivity contribution in [3.63, 3.8) is 0 Å². The molecule has 1 N–H and O–H groups in total. The van der Waals surface area contributed by atoms with E-state index in [0.29, 0.717) is 13.0 Å². The van der Waals surface area contributed by atoms with Crippen molar-refractivity contribution < 1.29 is 9.13 Å². The number of nitriles is 1. The quantitative estimate of drug-likeness (QED) is 0.904. The molecule has 2 aromatic carbocycles. The van der Waals surface area contributed by atoms with E-state index < -0.39 is 0 Å². The number of nitrogens with zero attached hydrogens (tertiary/aromatic N) is 1. The highest BCUT2D eigenvalue weighted by Gasteiger charge is 2.03. The first-order chi connectivity index (χ1) is 9.72. The second-order valence-electron chi connectivity index (χ2n) is 4.35. The fraction of sp³-hybridized carbons (Fsp3) is 0.188. The lowest BCUT2D eigenvalue weighted by Gasteiger charge is -2.08. The van der Waals surface area contributed by atoms with Crippen LogP contribution in [0.4, 0.5) is 10.1 Å². The average Bonchev–Trinajstić information content (AvgIpc) is 2.47. The number of halogens is 1. The highest BCUT2D eigenvalue weighted by Crippen LogP contribution is 2.18. The summed E-state index contributed by atoms with van der Waals surface area (Å²) < 4.78 is 18.4. The Morgan fingerprint density at radius 1 is 1.15 bits per heavy atom. The first-order valence-electron chi connectivity index (χ1n) is 6.25. The van der Waals surface area contributed by atoms with Gasteiger partial charge in [-0.1, -0.05) is 18.2 Å². The van der Waals surface area contributed by atoms with Crippen LogP contribution in [-0.4, -0.2) is 7.11 Å². The average molecular weight is 270 g/mol. The standard InChI is InChI=1S/C16H15FN2O/c1-20-16-7-4-13(10-15(16)17)11-19-14-5-2-12(3-6-14)8-9-18/h2-7,10,19H,8,11H2,1H3. The lowest BCUT2D eigenvalue weighted by Crippen LogP contribution is -2.00. The van der Waals surface area contributed by atoms with Crippen LogP contribution in [-0.2, 0) is 13.0 Å². The number of anilines is 1. The summed E-state index contributed by atoms with van der Waals surface area (Å²) in [5.74, 6) is -0.120. The van der Waals surface area contributed by atoms with Gasteiger partial charge in [0.2, 0.25) is 0 Å². The van der Waals surface area contributed by atoms with Crippen LogP contribution < -0.4 is 10.1 Å². The summed E-state index contributed by atoms with van der Waals surface area (Å²) in [4.78, 5) is 0.